The molecule has 0 aliphatic carbocycles. The van der Waals surface area contributed by atoms with E-state index in [9.17, 15) is 0 Å². The molecule has 0 bridgehead atoms. The van der Waals surface area contributed by atoms with Crippen LogP contribution >= 0.6 is 0 Å². The van der Waals surface area contributed by atoms with Crippen molar-refractivity contribution in [3.8, 4) is 0 Å². The number of nitrogens with two attached hydrogens (primary N) is 1. The maximum absolute atomic E-state index is 5.86. The van der Waals surface area contributed by atoms with Crippen LogP contribution in [0.4, 0.5) is 0 Å². The highest BCUT2D eigenvalue weighted by Gasteiger charge is 2.25. The molecule has 0 aromatic heterocycles. The van der Waals surface area contributed by atoms with Crippen LogP contribution in [-0.2, 0) is 4.74 Å². The minimum atomic E-state index is 0. The van der Waals surface area contributed by atoms with Crippen LogP contribution in [0.2, 0.25) is 0 Å². The molecule has 2 atom stereocenters. The number of hydrogen-bond donors (Lipinski definition) is 1. The SMILES string of the molecule is COCCN1C[C@@H](C)[C@H](N)C1.[B]. The smallest absolute Gasteiger partial charge is 0.0589 e. The average molecular weight is 169 g/mol. The first-order valence-electron chi connectivity index (χ1n) is 4.21. The highest BCUT2D eigenvalue weighted by molar-refractivity contribution is 5.75. The number of hydrogen-bond acceptors (Lipinski definition) is 3. The van der Waals surface area contributed by atoms with Crippen LogP contribution in [0.1, 0.15) is 6.92 Å². The van der Waals surface area contributed by atoms with Crippen molar-refractivity contribution in [1.82, 2.24) is 4.90 Å². The summed E-state index contributed by atoms with van der Waals surface area (Å²) in [5, 5.41) is 0. The fraction of sp³-hybridized carbons (Fsp3) is 1.00. The normalized spacial score (nSPS) is 30.2. The number of ether oxygens (including phenoxy) is 1. The number of methoxy groups -OCH3 is 1. The van der Waals surface area contributed by atoms with Gasteiger partial charge in [-0.25, -0.2) is 0 Å². The highest BCUT2D eigenvalue weighted by Crippen LogP contribution is 2.13. The summed E-state index contributed by atoms with van der Waals surface area (Å²) in [4.78, 5) is 2.36. The molecule has 1 fully saturated rings. The van der Waals surface area contributed by atoms with Gasteiger partial charge in [0.2, 0.25) is 0 Å². The third kappa shape index (κ3) is 3.13. The fourth-order valence-electron chi connectivity index (χ4n) is 1.50. The summed E-state index contributed by atoms with van der Waals surface area (Å²) < 4.78 is 4.99. The first kappa shape index (κ1) is 11.9. The summed E-state index contributed by atoms with van der Waals surface area (Å²) in [5.74, 6) is 0.645. The van der Waals surface area contributed by atoms with Crippen molar-refractivity contribution in [2.45, 2.75) is 13.0 Å². The standard InChI is InChI=1S/C8H18N2O.B/c1-7-5-10(3-4-11-2)6-8(7)9;/h7-8H,3-6,9H2,1-2H3;/t7-,8-;/m1./s1. The van der Waals surface area contributed by atoms with E-state index in [1.807, 2.05) is 0 Å². The van der Waals surface area contributed by atoms with Crippen LogP contribution in [0.5, 0.6) is 0 Å². The van der Waals surface area contributed by atoms with E-state index in [1.165, 1.54) is 0 Å². The van der Waals surface area contributed by atoms with Gasteiger partial charge >= 0.3 is 0 Å². The van der Waals surface area contributed by atoms with Crippen molar-refractivity contribution in [1.29, 1.82) is 0 Å². The van der Waals surface area contributed by atoms with Gasteiger partial charge in [-0.1, -0.05) is 6.92 Å². The van der Waals surface area contributed by atoms with Crippen molar-refractivity contribution >= 4 is 8.41 Å². The number of likely N-dealkylation sites (tertiary alicyclic amines) is 1. The summed E-state index contributed by atoms with van der Waals surface area (Å²) in [7, 11) is 1.74. The predicted molar refractivity (Wildman–Crippen MR) is 51.2 cm³/mol. The molecule has 1 heterocycles. The predicted octanol–water partition coefficient (Wildman–Crippen LogP) is -0.469. The molecule has 0 aromatic carbocycles. The molecule has 1 aliphatic rings. The Bertz CT molecular complexity index is 114. The van der Waals surface area contributed by atoms with Crippen molar-refractivity contribution < 1.29 is 4.74 Å². The van der Waals surface area contributed by atoms with Crippen LogP contribution in [0, 0.1) is 5.92 Å². The molecule has 4 heteroatoms. The Morgan fingerprint density at radius 2 is 2.17 bits per heavy atom. The summed E-state index contributed by atoms with van der Waals surface area (Å²) in [6, 6.07) is 0.367. The molecule has 2 N–H and O–H groups in total. The van der Waals surface area contributed by atoms with Gasteiger partial charge in [-0.3, -0.25) is 4.90 Å². The van der Waals surface area contributed by atoms with E-state index in [0.717, 1.165) is 26.2 Å². The summed E-state index contributed by atoms with van der Waals surface area (Å²) in [5.41, 5.74) is 5.86. The second-order valence-electron chi connectivity index (χ2n) is 3.39. The molecule has 0 saturated carbocycles. The average Bonchev–Trinajstić information content (AvgIpc) is 2.28. The molecule has 1 saturated heterocycles. The maximum atomic E-state index is 5.86. The van der Waals surface area contributed by atoms with Gasteiger partial charge in [-0.05, 0) is 5.92 Å². The molecule has 12 heavy (non-hydrogen) atoms. The molecule has 69 valence electrons. The summed E-state index contributed by atoms with van der Waals surface area (Å²) >= 11 is 0. The Hall–Kier alpha value is -0.0551. The third-order valence-corrected chi connectivity index (χ3v) is 2.36. The van der Waals surface area contributed by atoms with Crippen LogP contribution in [0.15, 0.2) is 0 Å². The van der Waals surface area contributed by atoms with E-state index in [2.05, 4.69) is 11.8 Å². The van der Waals surface area contributed by atoms with E-state index in [0.29, 0.717) is 12.0 Å². The van der Waals surface area contributed by atoms with E-state index >= 15 is 0 Å². The molecule has 3 nitrogen and oxygen atoms in total. The van der Waals surface area contributed by atoms with Gasteiger partial charge in [0.15, 0.2) is 0 Å². The van der Waals surface area contributed by atoms with Gasteiger partial charge in [-0.2, -0.15) is 0 Å². The lowest BCUT2D eigenvalue weighted by molar-refractivity contribution is 0.159. The van der Waals surface area contributed by atoms with Gasteiger partial charge in [-0.15, -0.1) is 0 Å². The lowest BCUT2D eigenvalue weighted by Crippen LogP contribution is -2.29. The zero-order valence-corrected chi connectivity index (χ0v) is 7.99. The Labute approximate surface area is 76.8 Å². The monoisotopic (exact) mass is 169 g/mol. The Morgan fingerprint density at radius 1 is 1.50 bits per heavy atom. The number of rotatable bonds is 3. The van der Waals surface area contributed by atoms with Gasteiger partial charge < -0.3 is 10.5 Å². The molecule has 0 amide bonds. The first-order valence-corrected chi connectivity index (χ1v) is 4.21. The van der Waals surface area contributed by atoms with Gasteiger partial charge in [0.25, 0.3) is 0 Å². The molecule has 0 unspecified atom stereocenters. The van der Waals surface area contributed by atoms with E-state index in [-0.39, 0.29) is 8.41 Å². The second-order valence-corrected chi connectivity index (χ2v) is 3.39. The molecular weight excluding hydrogens is 151 g/mol. The molecule has 0 aromatic rings. The Kier molecular flexibility index (Phi) is 5.54. The van der Waals surface area contributed by atoms with Crippen molar-refractivity contribution in [3.05, 3.63) is 0 Å². The topological polar surface area (TPSA) is 38.5 Å². The fourth-order valence-corrected chi connectivity index (χ4v) is 1.50. The van der Waals surface area contributed by atoms with E-state index < -0.39 is 0 Å². The van der Waals surface area contributed by atoms with Gasteiger partial charge in [0.05, 0.1) is 6.61 Å². The highest BCUT2D eigenvalue weighted by atomic mass is 16.5. The molecular formula is C8H18BN2O. The maximum Gasteiger partial charge on any atom is 0.0589 e. The molecule has 3 radical (unpaired) electrons. The zero-order valence-electron chi connectivity index (χ0n) is 7.99. The zero-order chi connectivity index (χ0) is 8.27. The second kappa shape index (κ2) is 5.57. The summed E-state index contributed by atoms with van der Waals surface area (Å²) in [6.45, 7) is 6.21. The van der Waals surface area contributed by atoms with E-state index in [1.54, 1.807) is 7.11 Å². The van der Waals surface area contributed by atoms with E-state index in [4.69, 9.17) is 10.5 Å². The van der Waals surface area contributed by atoms with Crippen LogP contribution in [0.25, 0.3) is 0 Å². The number of nitrogens with zero attached hydrogens (tertiary/aromatic N) is 1. The minimum absolute atomic E-state index is 0. The van der Waals surface area contributed by atoms with Gasteiger partial charge in [0.1, 0.15) is 0 Å². The molecule has 1 aliphatic heterocycles. The lowest BCUT2D eigenvalue weighted by Gasteiger charge is -2.13. The molecule has 1 rings (SSSR count). The quantitative estimate of drug-likeness (QED) is 0.580. The Morgan fingerprint density at radius 3 is 2.58 bits per heavy atom. The summed E-state index contributed by atoms with van der Waals surface area (Å²) in [6.07, 6.45) is 0. The van der Waals surface area contributed by atoms with Crippen molar-refractivity contribution in [2.75, 3.05) is 33.4 Å². The van der Waals surface area contributed by atoms with Crippen LogP contribution < -0.4 is 5.73 Å². The van der Waals surface area contributed by atoms with Crippen molar-refractivity contribution in [3.63, 3.8) is 0 Å². The van der Waals surface area contributed by atoms with Crippen molar-refractivity contribution in [2.24, 2.45) is 11.7 Å². The Balaban J connectivity index is 0.00000121. The third-order valence-electron chi connectivity index (χ3n) is 2.36. The minimum Gasteiger partial charge on any atom is -0.383 e. The van der Waals surface area contributed by atoms with Crippen LogP contribution in [0.3, 0.4) is 0 Å². The lowest BCUT2D eigenvalue weighted by atomic mass is 10.1. The molecule has 0 spiro atoms. The first-order chi connectivity index (χ1) is 5.24. The van der Waals surface area contributed by atoms with Gasteiger partial charge in [0, 0.05) is 41.2 Å². The van der Waals surface area contributed by atoms with Crippen LogP contribution in [-0.4, -0.2) is 52.7 Å². The largest absolute Gasteiger partial charge is 0.383 e.